The Balaban J connectivity index is 2.05. The molecule has 0 saturated heterocycles. The Morgan fingerprint density at radius 1 is 1.24 bits per heavy atom. The van der Waals surface area contributed by atoms with Crippen molar-refractivity contribution in [2.45, 2.75) is 71.1 Å². The quantitative estimate of drug-likeness (QED) is 0.831. The molecular weight excluding hydrogens is 254 g/mol. The summed E-state index contributed by atoms with van der Waals surface area (Å²) in [4.78, 5) is 0. The Labute approximate surface area is 130 Å². The Bertz CT molecular complexity index is 533. The van der Waals surface area contributed by atoms with E-state index in [0.29, 0.717) is 16.7 Å². The highest BCUT2D eigenvalue weighted by atomic mass is 14.7. The molecule has 3 atom stereocenters. The SMILES string of the molecule is CC(C)c1ccc2c(c1)CCC1C(C)(CN)CCC[C@]21C. The van der Waals surface area contributed by atoms with Gasteiger partial charge in [-0.15, -0.1) is 0 Å². The third kappa shape index (κ3) is 2.25. The number of benzene rings is 1. The second-order valence-electron chi connectivity index (χ2n) is 8.29. The van der Waals surface area contributed by atoms with E-state index in [4.69, 9.17) is 5.73 Å². The van der Waals surface area contributed by atoms with E-state index in [0.717, 1.165) is 12.5 Å². The lowest BCUT2D eigenvalue weighted by molar-refractivity contribution is 0.0326. The van der Waals surface area contributed by atoms with Gasteiger partial charge in [0.05, 0.1) is 0 Å². The first-order valence-electron chi connectivity index (χ1n) is 8.74. The maximum atomic E-state index is 6.19. The van der Waals surface area contributed by atoms with Crippen molar-refractivity contribution >= 4 is 0 Å². The topological polar surface area (TPSA) is 26.0 Å². The molecule has 2 unspecified atom stereocenters. The van der Waals surface area contributed by atoms with Gasteiger partial charge in [0.2, 0.25) is 0 Å². The van der Waals surface area contributed by atoms with E-state index in [1.165, 1.54) is 37.7 Å². The highest BCUT2D eigenvalue weighted by Crippen LogP contribution is 2.56. The van der Waals surface area contributed by atoms with Crippen molar-refractivity contribution < 1.29 is 0 Å². The molecule has 21 heavy (non-hydrogen) atoms. The minimum atomic E-state index is 0.335. The second kappa shape index (κ2) is 5.12. The lowest BCUT2D eigenvalue weighted by Crippen LogP contribution is -2.51. The molecular formula is C20H31N. The van der Waals surface area contributed by atoms with E-state index in [1.54, 1.807) is 11.1 Å². The van der Waals surface area contributed by atoms with Crippen molar-refractivity contribution in [1.82, 2.24) is 0 Å². The maximum Gasteiger partial charge on any atom is -0.00202 e. The largest absolute Gasteiger partial charge is 0.330 e. The van der Waals surface area contributed by atoms with Crippen LogP contribution in [0.5, 0.6) is 0 Å². The van der Waals surface area contributed by atoms with Gasteiger partial charge in [-0.05, 0) is 71.6 Å². The first-order valence-corrected chi connectivity index (χ1v) is 8.74. The predicted octanol–water partition coefficient (Wildman–Crippen LogP) is 4.78. The predicted molar refractivity (Wildman–Crippen MR) is 90.7 cm³/mol. The average molecular weight is 285 g/mol. The molecule has 0 aromatic heterocycles. The van der Waals surface area contributed by atoms with Crippen molar-refractivity contribution in [1.29, 1.82) is 0 Å². The van der Waals surface area contributed by atoms with Crippen LogP contribution in [0.3, 0.4) is 0 Å². The number of aryl methyl sites for hydroxylation is 1. The Morgan fingerprint density at radius 2 is 2.00 bits per heavy atom. The monoisotopic (exact) mass is 285 g/mol. The Hall–Kier alpha value is -0.820. The van der Waals surface area contributed by atoms with Crippen molar-refractivity contribution in [3.8, 4) is 0 Å². The van der Waals surface area contributed by atoms with Gasteiger partial charge in [-0.25, -0.2) is 0 Å². The van der Waals surface area contributed by atoms with Gasteiger partial charge in [-0.2, -0.15) is 0 Å². The third-order valence-corrected chi connectivity index (χ3v) is 6.63. The zero-order valence-corrected chi connectivity index (χ0v) is 14.2. The van der Waals surface area contributed by atoms with Gasteiger partial charge in [-0.1, -0.05) is 52.3 Å². The Kier molecular flexibility index (Phi) is 3.68. The number of rotatable bonds is 2. The highest BCUT2D eigenvalue weighted by molar-refractivity contribution is 5.42. The second-order valence-corrected chi connectivity index (χ2v) is 8.29. The van der Waals surface area contributed by atoms with Gasteiger partial charge in [0.15, 0.2) is 0 Å². The fraction of sp³-hybridized carbons (Fsp3) is 0.700. The highest BCUT2D eigenvalue weighted by Gasteiger charge is 2.50. The molecule has 0 radical (unpaired) electrons. The lowest BCUT2D eigenvalue weighted by atomic mass is 9.50. The minimum Gasteiger partial charge on any atom is -0.330 e. The molecule has 2 aliphatic rings. The number of nitrogens with two attached hydrogens (primary N) is 1. The van der Waals surface area contributed by atoms with E-state index < -0.39 is 0 Å². The van der Waals surface area contributed by atoms with Crippen molar-refractivity contribution in [2.75, 3.05) is 6.54 Å². The fourth-order valence-electron chi connectivity index (χ4n) is 5.25. The molecule has 2 aliphatic carbocycles. The van der Waals surface area contributed by atoms with Crippen LogP contribution >= 0.6 is 0 Å². The summed E-state index contributed by atoms with van der Waals surface area (Å²) in [5, 5.41) is 0. The van der Waals surface area contributed by atoms with Gasteiger partial charge >= 0.3 is 0 Å². The van der Waals surface area contributed by atoms with Gasteiger partial charge in [0.25, 0.3) is 0 Å². The van der Waals surface area contributed by atoms with Crippen molar-refractivity contribution in [3.63, 3.8) is 0 Å². The summed E-state index contributed by atoms with van der Waals surface area (Å²) in [6, 6.07) is 7.29. The summed E-state index contributed by atoms with van der Waals surface area (Å²) in [7, 11) is 0. The van der Waals surface area contributed by atoms with Gasteiger partial charge in [0.1, 0.15) is 0 Å². The summed E-state index contributed by atoms with van der Waals surface area (Å²) in [5.74, 6) is 1.38. The summed E-state index contributed by atoms with van der Waals surface area (Å²) in [6.07, 6.45) is 6.53. The third-order valence-electron chi connectivity index (χ3n) is 6.63. The van der Waals surface area contributed by atoms with Crippen LogP contribution in [0.4, 0.5) is 0 Å². The molecule has 1 heteroatoms. The number of fused-ring (bicyclic) bond motifs is 3. The summed E-state index contributed by atoms with van der Waals surface area (Å²) < 4.78 is 0. The molecule has 0 spiro atoms. The maximum absolute atomic E-state index is 6.19. The van der Waals surface area contributed by atoms with E-state index in [9.17, 15) is 0 Å². The molecule has 3 rings (SSSR count). The summed E-state index contributed by atoms with van der Waals surface area (Å²) in [5.41, 5.74) is 11.6. The molecule has 116 valence electrons. The van der Waals surface area contributed by atoms with Gasteiger partial charge < -0.3 is 5.73 Å². The van der Waals surface area contributed by atoms with Crippen LogP contribution in [-0.2, 0) is 11.8 Å². The van der Waals surface area contributed by atoms with Crippen LogP contribution in [0, 0.1) is 11.3 Å². The zero-order valence-electron chi connectivity index (χ0n) is 14.2. The number of hydrogen-bond donors (Lipinski definition) is 1. The van der Waals surface area contributed by atoms with Crippen LogP contribution in [0.25, 0.3) is 0 Å². The van der Waals surface area contributed by atoms with Crippen LogP contribution in [0.15, 0.2) is 18.2 Å². The van der Waals surface area contributed by atoms with Gasteiger partial charge in [-0.3, -0.25) is 0 Å². The molecule has 1 aromatic rings. The normalized spacial score (nSPS) is 35.4. The van der Waals surface area contributed by atoms with E-state index in [2.05, 4.69) is 45.9 Å². The van der Waals surface area contributed by atoms with Crippen LogP contribution in [0.1, 0.15) is 76.0 Å². The molecule has 0 bridgehead atoms. The first-order chi connectivity index (χ1) is 9.90. The molecule has 1 aromatic carbocycles. The van der Waals surface area contributed by atoms with Crippen LogP contribution < -0.4 is 5.73 Å². The average Bonchev–Trinajstić information content (AvgIpc) is 2.46. The number of hydrogen-bond acceptors (Lipinski definition) is 1. The molecule has 1 saturated carbocycles. The first kappa shape index (κ1) is 15.1. The molecule has 0 heterocycles. The fourth-order valence-corrected chi connectivity index (χ4v) is 5.25. The molecule has 1 nitrogen and oxygen atoms in total. The van der Waals surface area contributed by atoms with Crippen LogP contribution in [-0.4, -0.2) is 6.54 Å². The minimum absolute atomic E-state index is 0.335. The smallest absolute Gasteiger partial charge is 0.00202 e. The molecule has 0 aliphatic heterocycles. The van der Waals surface area contributed by atoms with E-state index in [-0.39, 0.29) is 0 Å². The van der Waals surface area contributed by atoms with E-state index >= 15 is 0 Å². The zero-order chi connectivity index (χ0) is 15.3. The molecule has 1 fully saturated rings. The van der Waals surface area contributed by atoms with E-state index in [1.807, 2.05) is 0 Å². The standard InChI is InChI=1S/C20H31N/c1-14(2)15-6-8-17-16(12-15)7-9-18-19(3,13-21)10-5-11-20(17,18)4/h6,8,12,14,18H,5,7,9-11,13,21H2,1-4H3/t18?,19?,20-/m1/s1. The Morgan fingerprint density at radius 3 is 2.67 bits per heavy atom. The lowest BCUT2D eigenvalue weighted by Gasteiger charge is -2.55. The molecule has 2 N–H and O–H groups in total. The summed E-state index contributed by atoms with van der Waals surface area (Å²) in [6.45, 7) is 10.4. The summed E-state index contributed by atoms with van der Waals surface area (Å²) >= 11 is 0. The van der Waals surface area contributed by atoms with Crippen molar-refractivity contribution in [3.05, 3.63) is 34.9 Å². The molecule has 0 amide bonds. The van der Waals surface area contributed by atoms with Gasteiger partial charge in [0, 0.05) is 0 Å². The van der Waals surface area contributed by atoms with Crippen LogP contribution in [0.2, 0.25) is 0 Å². The van der Waals surface area contributed by atoms with Crippen molar-refractivity contribution in [2.24, 2.45) is 17.1 Å².